The van der Waals surface area contributed by atoms with E-state index in [9.17, 15) is 23.6 Å². The van der Waals surface area contributed by atoms with Gasteiger partial charge in [-0.25, -0.2) is 14.4 Å². The second-order valence-electron chi connectivity index (χ2n) is 15.6. The summed E-state index contributed by atoms with van der Waals surface area (Å²) in [5, 5.41) is 9.08. The van der Waals surface area contributed by atoms with Crippen LogP contribution in [0, 0.1) is 11.7 Å². The minimum atomic E-state index is -0.528. The number of nitrogens with one attached hydrogen (secondary N) is 3. The number of piperazine rings is 1. The van der Waals surface area contributed by atoms with E-state index < -0.39 is 6.04 Å². The van der Waals surface area contributed by atoms with Gasteiger partial charge in [-0.3, -0.25) is 34.0 Å². The molecule has 4 aromatic rings. The molecule has 1 unspecified atom stereocenters. The van der Waals surface area contributed by atoms with Crippen LogP contribution in [-0.2, 0) is 14.4 Å². The van der Waals surface area contributed by atoms with Gasteiger partial charge in [0.2, 0.25) is 23.7 Å². The van der Waals surface area contributed by atoms with E-state index in [2.05, 4.69) is 35.7 Å². The number of aromatic nitrogens is 3. The lowest BCUT2D eigenvalue weighted by Crippen LogP contribution is -2.52. The molecule has 2 aromatic heterocycles. The fraction of sp³-hybridized carbons (Fsp3) is 0.442. The number of anilines is 3. The molecule has 4 heterocycles. The lowest BCUT2D eigenvalue weighted by atomic mass is 9.84. The first-order valence-corrected chi connectivity index (χ1v) is 20.7. The van der Waals surface area contributed by atoms with E-state index in [1.807, 2.05) is 24.3 Å². The van der Waals surface area contributed by atoms with Crippen molar-refractivity contribution < 1.29 is 18.8 Å². The number of pyridine rings is 1. The van der Waals surface area contributed by atoms with E-state index in [0.29, 0.717) is 40.6 Å². The first kappa shape index (κ1) is 40.8. The fourth-order valence-electron chi connectivity index (χ4n) is 8.51. The van der Waals surface area contributed by atoms with Gasteiger partial charge in [-0.1, -0.05) is 49.1 Å². The van der Waals surface area contributed by atoms with Gasteiger partial charge in [0.05, 0.1) is 22.6 Å². The summed E-state index contributed by atoms with van der Waals surface area (Å²) in [6.07, 6.45) is 13.9. The highest BCUT2D eigenvalue weighted by Gasteiger charge is 2.33. The maximum atomic E-state index is 15.0. The van der Waals surface area contributed by atoms with Crippen molar-refractivity contribution in [2.24, 2.45) is 5.92 Å². The molecule has 1 atom stereocenters. The summed E-state index contributed by atoms with van der Waals surface area (Å²) in [5.74, 6) is -0.374. The number of amides is 3. The number of carbonyl (C=O) groups excluding carboxylic acids is 3. The van der Waals surface area contributed by atoms with Gasteiger partial charge in [0, 0.05) is 79.8 Å². The summed E-state index contributed by atoms with van der Waals surface area (Å²) in [6.45, 7) is 3.30. The number of piperidine rings is 1. The van der Waals surface area contributed by atoms with Crippen LogP contribution in [0.15, 0.2) is 77.9 Å². The molecule has 306 valence electrons. The summed E-state index contributed by atoms with van der Waals surface area (Å²) in [4.78, 5) is 60.5. The Morgan fingerprint density at radius 1 is 0.879 bits per heavy atom. The van der Waals surface area contributed by atoms with Gasteiger partial charge >= 0.3 is 0 Å². The Morgan fingerprint density at radius 2 is 1.66 bits per heavy atom. The molecule has 2 aliphatic heterocycles. The van der Waals surface area contributed by atoms with Crippen molar-refractivity contribution in [2.45, 2.75) is 88.8 Å². The number of benzene rings is 2. The van der Waals surface area contributed by atoms with Crippen LogP contribution in [0.5, 0.6) is 0 Å². The molecule has 2 aliphatic carbocycles. The quantitative estimate of drug-likeness (QED) is 0.162. The third-order valence-electron chi connectivity index (χ3n) is 11.7. The van der Waals surface area contributed by atoms with Crippen LogP contribution >= 0.6 is 11.6 Å². The van der Waals surface area contributed by atoms with E-state index >= 15 is 0 Å². The Hall–Kier alpha value is -5.34. The predicted molar refractivity (Wildman–Crippen MR) is 223 cm³/mol. The van der Waals surface area contributed by atoms with Crippen molar-refractivity contribution >= 4 is 46.6 Å². The summed E-state index contributed by atoms with van der Waals surface area (Å²) in [5.41, 5.74) is 8.65. The smallest absolute Gasteiger partial charge is 0.255 e. The van der Waals surface area contributed by atoms with Gasteiger partial charge in [-0.05, 0) is 81.3 Å². The minimum Gasteiger partial charge on any atom is -0.374 e. The Balaban J connectivity index is 0.000000206. The SMILES string of the molecule is Nc1ncc(Cl)c(-c2cccc(-n3ccccc3=O)c2)n1.O=C1CCC(Nc2ccc(N3CCN(C4CCC(C(=O)NC5CCCCC5)CC4)CC3)c(F)c2)C(=O)N1. The molecule has 58 heavy (non-hydrogen) atoms. The van der Waals surface area contributed by atoms with Crippen molar-refractivity contribution in [1.29, 1.82) is 0 Å². The highest BCUT2D eigenvalue weighted by molar-refractivity contribution is 6.32. The van der Waals surface area contributed by atoms with Gasteiger partial charge in [-0.2, -0.15) is 0 Å². The van der Waals surface area contributed by atoms with Gasteiger partial charge in [-0.15, -0.1) is 0 Å². The number of carbonyl (C=O) groups is 3. The van der Waals surface area contributed by atoms with Crippen molar-refractivity contribution in [3.8, 4) is 16.9 Å². The molecule has 2 aromatic carbocycles. The van der Waals surface area contributed by atoms with Crippen molar-refractivity contribution in [2.75, 3.05) is 42.1 Å². The highest BCUT2D eigenvalue weighted by Crippen LogP contribution is 2.31. The number of halogens is 2. The zero-order valence-corrected chi connectivity index (χ0v) is 33.3. The molecule has 0 spiro atoms. The van der Waals surface area contributed by atoms with Gasteiger partial charge in [0.25, 0.3) is 5.56 Å². The molecule has 4 aliphatic rings. The van der Waals surface area contributed by atoms with E-state index in [1.165, 1.54) is 37.6 Å². The molecule has 5 N–H and O–H groups in total. The lowest BCUT2D eigenvalue weighted by molar-refractivity contribution is -0.133. The molecule has 0 bridgehead atoms. The number of nitrogens with zero attached hydrogens (tertiary/aromatic N) is 5. The van der Waals surface area contributed by atoms with Crippen molar-refractivity contribution in [1.82, 2.24) is 30.1 Å². The van der Waals surface area contributed by atoms with Crippen LogP contribution in [-0.4, -0.2) is 81.5 Å². The number of hydrogen-bond acceptors (Lipinski definition) is 10. The number of rotatable bonds is 8. The molecular weight excluding hydrogens is 761 g/mol. The molecule has 2 saturated heterocycles. The minimum absolute atomic E-state index is 0.108. The average Bonchev–Trinajstić information content (AvgIpc) is 3.24. The van der Waals surface area contributed by atoms with Crippen LogP contribution < -0.4 is 32.1 Å². The van der Waals surface area contributed by atoms with Crippen LogP contribution in [0.4, 0.5) is 21.7 Å². The second kappa shape index (κ2) is 18.9. The standard InChI is InChI=1S/C28H40FN5O3.C15H11ClN4O/c29-23-18-21(30-24-11-13-26(35)32-28(24)37)8-12-25(23)34-16-14-33(15-17-34)22-9-6-19(7-10-22)27(36)31-20-4-2-1-3-5-20;16-12-9-18-15(17)19-14(12)10-4-3-5-11(8-10)20-7-2-1-6-13(20)21/h8,12,18-20,22,24,30H,1-7,9-11,13-17H2,(H,31,36)(H,32,35,37);1-9H,(H2,17,18,19). The van der Waals surface area contributed by atoms with Gasteiger partial charge < -0.3 is 21.3 Å². The van der Waals surface area contributed by atoms with E-state index in [1.54, 1.807) is 35.0 Å². The Labute approximate surface area is 342 Å². The Kier molecular flexibility index (Phi) is 13.3. The predicted octanol–water partition coefficient (Wildman–Crippen LogP) is 5.70. The molecule has 4 fully saturated rings. The summed E-state index contributed by atoms with van der Waals surface area (Å²) < 4.78 is 16.5. The molecule has 15 heteroatoms. The topological polar surface area (TPSA) is 168 Å². The zero-order valence-electron chi connectivity index (χ0n) is 32.5. The lowest BCUT2D eigenvalue weighted by Gasteiger charge is -2.42. The molecule has 8 rings (SSSR count). The van der Waals surface area contributed by atoms with E-state index in [0.717, 1.165) is 76.0 Å². The molecular formula is C43H51ClFN9O4. The first-order valence-electron chi connectivity index (χ1n) is 20.4. The van der Waals surface area contributed by atoms with E-state index in [4.69, 9.17) is 17.3 Å². The van der Waals surface area contributed by atoms with Crippen LogP contribution in [0.2, 0.25) is 5.02 Å². The maximum absolute atomic E-state index is 15.0. The molecule has 13 nitrogen and oxygen atoms in total. The third kappa shape index (κ3) is 10.2. The van der Waals surface area contributed by atoms with Gasteiger partial charge in [0.15, 0.2) is 0 Å². The summed E-state index contributed by atoms with van der Waals surface area (Å²) >= 11 is 6.11. The monoisotopic (exact) mass is 811 g/mol. The van der Waals surface area contributed by atoms with E-state index in [-0.39, 0.29) is 47.4 Å². The fourth-order valence-corrected chi connectivity index (χ4v) is 8.71. The van der Waals surface area contributed by atoms with Crippen LogP contribution in [0.25, 0.3) is 16.9 Å². The van der Waals surface area contributed by atoms with Crippen molar-refractivity contribution in [3.63, 3.8) is 0 Å². The number of nitrogen functional groups attached to an aromatic ring is 1. The molecule has 2 saturated carbocycles. The first-order chi connectivity index (χ1) is 28.1. The highest BCUT2D eigenvalue weighted by atomic mass is 35.5. The van der Waals surface area contributed by atoms with Crippen LogP contribution in [0.3, 0.4) is 0 Å². The van der Waals surface area contributed by atoms with Crippen LogP contribution in [0.1, 0.15) is 70.6 Å². The molecule has 3 amide bonds. The number of hydrogen-bond donors (Lipinski definition) is 4. The average molecular weight is 812 g/mol. The second-order valence-corrected chi connectivity index (χ2v) is 16.0. The molecule has 0 radical (unpaired) electrons. The maximum Gasteiger partial charge on any atom is 0.255 e. The third-order valence-corrected chi connectivity index (χ3v) is 12.0. The zero-order chi connectivity index (χ0) is 40.6. The summed E-state index contributed by atoms with van der Waals surface area (Å²) in [6, 6.07) is 17.7. The normalized spacial score (nSPS) is 21.7. The Morgan fingerprint density at radius 3 is 2.38 bits per heavy atom. The largest absolute Gasteiger partial charge is 0.374 e. The van der Waals surface area contributed by atoms with Crippen molar-refractivity contribution in [3.05, 3.63) is 94.3 Å². The summed E-state index contributed by atoms with van der Waals surface area (Å²) in [7, 11) is 0. The number of imide groups is 1. The Bertz CT molecular complexity index is 2150. The number of nitrogens with two attached hydrogens (primary N) is 1. The van der Waals surface area contributed by atoms with Gasteiger partial charge in [0.1, 0.15) is 11.9 Å².